The van der Waals surface area contributed by atoms with E-state index >= 15 is 0 Å². The normalized spacial score (nSPS) is 11.7. The third-order valence-electron chi connectivity index (χ3n) is 3.57. The van der Waals surface area contributed by atoms with Crippen LogP contribution in [0.15, 0.2) is 48.1 Å². The maximum absolute atomic E-state index is 12.7. The maximum Gasteiger partial charge on any atom is 0.287 e. The van der Waals surface area contributed by atoms with Gasteiger partial charge in [0.2, 0.25) is 5.78 Å². The number of aromatic nitrogens is 2. The first-order valence-corrected chi connectivity index (χ1v) is 9.24. The molecule has 3 rings (SSSR count). The van der Waals surface area contributed by atoms with E-state index in [-0.39, 0.29) is 6.42 Å². The van der Waals surface area contributed by atoms with Gasteiger partial charge >= 0.3 is 0 Å². The van der Waals surface area contributed by atoms with E-state index in [9.17, 15) is 14.4 Å². The zero-order valence-electron chi connectivity index (χ0n) is 13.4. The predicted molar refractivity (Wildman–Crippen MR) is 98.8 cm³/mol. The van der Waals surface area contributed by atoms with Crippen molar-refractivity contribution in [2.45, 2.75) is 12.5 Å². The van der Waals surface area contributed by atoms with Crippen molar-refractivity contribution in [3.05, 3.63) is 57.9 Å². The standard InChI is InChI=1S/C17H14N4O3S2/c18-16(23)14(22)13(8-10-4-3-7-25-10)21-17(24)15-11(9-20-26-15)12-5-1-2-6-19-12/h1-7,9,13H,8H2,(H2,18,23)(H,21,24). The summed E-state index contributed by atoms with van der Waals surface area (Å²) in [5.41, 5.74) is 6.29. The molecule has 132 valence electrons. The fraction of sp³-hybridized carbons (Fsp3) is 0.118. The van der Waals surface area contributed by atoms with E-state index in [4.69, 9.17) is 5.73 Å². The average molecular weight is 386 g/mol. The molecule has 0 saturated carbocycles. The summed E-state index contributed by atoms with van der Waals surface area (Å²) in [4.78, 5) is 41.5. The van der Waals surface area contributed by atoms with Gasteiger partial charge in [-0.25, -0.2) is 0 Å². The molecule has 1 unspecified atom stereocenters. The van der Waals surface area contributed by atoms with E-state index in [0.717, 1.165) is 16.4 Å². The maximum atomic E-state index is 12.7. The molecule has 3 aromatic heterocycles. The van der Waals surface area contributed by atoms with Crippen molar-refractivity contribution in [2.75, 3.05) is 0 Å². The lowest BCUT2D eigenvalue weighted by Crippen LogP contribution is -2.47. The molecule has 0 spiro atoms. The largest absolute Gasteiger partial charge is 0.363 e. The van der Waals surface area contributed by atoms with Crippen LogP contribution in [0.2, 0.25) is 0 Å². The molecular weight excluding hydrogens is 372 g/mol. The third kappa shape index (κ3) is 4.01. The van der Waals surface area contributed by atoms with Gasteiger partial charge in [-0.15, -0.1) is 11.3 Å². The van der Waals surface area contributed by atoms with Crippen molar-refractivity contribution >= 4 is 40.5 Å². The molecule has 26 heavy (non-hydrogen) atoms. The minimum atomic E-state index is -1.08. The number of hydrogen-bond acceptors (Lipinski definition) is 7. The molecule has 3 N–H and O–H groups in total. The number of nitrogens with two attached hydrogens (primary N) is 1. The highest BCUT2D eigenvalue weighted by Gasteiger charge is 2.28. The van der Waals surface area contributed by atoms with Gasteiger partial charge in [0.15, 0.2) is 0 Å². The predicted octanol–water partition coefficient (Wildman–Crippen LogP) is 1.66. The Bertz CT molecular complexity index is 923. The number of carbonyl (C=O) groups excluding carboxylic acids is 3. The van der Waals surface area contributed by atoms with Crippen LogP contribution >= 0.6 is 22.9 Å². The first kappa shape index (κ1) is 17.9. The number of thiophene rings is 1. The van der Waals surface area contributed by atoms with Crippen LogP contribution in [0, 0.1) is 0 Å². The van der Waals surface area contributed by atoms with Crippen LogP contribution in [-0.2, 0) is 16.0 Å². The summed E-state index contributed by atoms with van der Waals surface area (Å²) in [6.45, 7) is 0. The zero-order valence-corrected chi connectivity index (χ0v) is 15.0. The van der Waals surface area contributed by atoms with E-state index in [1.165, 1.54) is 11.3 Å². The Morgan fingerprint density at radius 1 is 1.19 bits per heavy atom. The van der Waals surface area contributed by atoms with Gasteiger partial charge in [0.1, 0.15) is 10.9 Å². The Morgan fingerprint density at radius 3 is 2.69 bits per heavy atom. The van der Waals surface area contributed by atoms with E-state index in [1.807, 2.05) is 17.5 Å². The van der Waals surface area contributed by atoms with Crippen LogP contribution in [0.25, 0.3) is 11.3 Å². The van der Waals surface area contributed by atoms with Crippen molar-refractivity contribution in [1.82, 2.24) is 14.7 Å². The number of ketones is 1. The molecule has 9 heteroatoms. The molecule has 0 aliphatic carbocycles. The smallest absolute Gasteiger partial charge is 0.287 e. The third-order valence-corrected chi connectivity index (χ3v) is 5.26. The van der Waals surface area contributed by atoms with Crippen molar-refractivity contribution < 1.29 is 14.4 Å². The molecule has 0 radical (unpaired) electrons. The second-order valence-corrected chi connectivity index (χ2v) is 7.16. The fourth-order valence-corrected chi connectivity index (χ4v) is 3.76. The van der Waals surface area contributed by atoms with E-state index < -0.39 is 23.6 Å². The molecule has 0 bridgehead atoms. The number of carbonyl (C=O) groups is 3. The van der Waals surface area contributed by atoms with Crippen LogP contribution in [0.4, 0.5) is 0 Å². The Morgan fingerprint density at radius 2 is 2.04 bits per heavy atom. The molecule has 3 aromatic rings. The van der Waals surface area contributed by atoms with Gasteiger partial charge in [-0.2, -0.15) is 4.37 Å². The van der Waals surface area contributed by atoms with E-state index in [1.54, 1.807) is 30.6 Å². The number of rotatable bonds is 7. The molecular formula is C17H14N4O3S2. The summed E-state index contributed by atoms with van der Waals surface area (Å²) in [5, 5.41) is 4.46. The quantitative estimate of drug-likeness (QED) is 0.599. The van der Waals surface area contributed by atoms with E-state index in [0.29, 0.717) is 16.1 Å². The topological polar surface area (TPSA) is 115 Å². The number of nitrogens with zero attached hydrogens (tertiary/aromatic N) is 2. The average Bonchev–Trinajstić information content (AvgIpc) is 3.32. The fourth-order valence-electron chi connectivity index (χ4n) is 2.34. The van der Waals surface area contributed by atoms with Gasteiger partial charge in [0.25, 0.3) is 11.8 Å². The number of pyridine rings is 1. The highest BCUT2D eigenvalue weighted by Crippen LogP contribution is 2.24. The lowest BCUT2D eigenvalue weighted by molar-refractivity contribution is -0.137. The second kappa shape index (κ2) is 7.98. The van der Waals surface area contributed by atoms with Gasteiger partial charge in [-0.1, -0.05) is 12.1 Å². The summed E-state index contributed by atoms with van der Waals surface area (Å²) < 4.78 is 4.05. The number of primary amides is 1. The molecule has 7 nitrogen and oxygen atoms in total. The minimum absolute atomic E-state index is 0.197. The molecule has 3 heterocycles. The number of Topliss-reactive ketones (excluding diaryl/α,β-unsaturated/α-hetero) is 1. The van der Waals surface area contributed by atoms with Gasteiger partial charge in [-0.05, 0) is 35.1 Å². The van der Waals surface area contributed by atoms with Crippen LogP contribution in [-0.4, -0.2) is 33.0 Å². The Balaban J connectivity index is 1.83. The first-order chi connectivity index (χ1) is 12.6. The summed E-state index contributed by atoms with van der Waals surface area (Å²) in [6, 6.07) is 7.96. The Kier molecular flexibility index (Phi) is 5.49. The monoisotopic (exact) mass is 386 g/mol. The molecule has 0 fully saturated rings. The second-order valence-electron chi connectivity index (χ2n) is 5.32. The van der Waals surface area contributed by atoms with Crippen LogP contribution in [0.3, 0.4) is 0 Å². The van der Waals surface area contributed by atoms with Crippen LogP contribution < -0.4 is 11.1 Å². The Labute approximate surface area is 157 Å². The molecule has 0 aromatic carbocycles. The SMILES string of the molecule is NC(=O)C(=O)C(Cc1cccs1)NC(=O)c1sncc1-c1ccccn1. The van der Waals surface area contributed by atoms with Gasteiger partial charge < -0.3 is 11.1 Å². The highest BCUT2D eigenvalue weighted by molar-refractivity contribution is 7.10. The minimum Gasteiger partial charge on any atom is -0.363 e. The number of hydrogen-bond donors (Lipinski definition) is 2. The van der Waals surface area contributed by atoms with Crippen LogP contribution in [0.5, 0.6) is 0 Å². The molecule has 2 amide bonds. The molecule has 0 aliphatic heterocycles. The lowest BCUT2D eigenvalue weighted by atomic mass is 10.1. The van der Waals surface area contributed by atoms with Crippen molar-refractivity contribution in [3.63, 3.8) is 0 Å². The number of amides is 2. The summed E-state index contributed by atoms with van der Waals surface area (Å²) >= 11 is 2.43. The van der Waals surface area contributed by atoms with Crippen LogP contribution in [0.1, 0.15) is 14.5 Å². The van der Waals surface area contributed by atoms with Gasteiger partial charge in [0, 0.05) is 23.1 Å². The molecule has 0 aliphatic rings. The van der Waals surface area contributed by atoms with Crippen molar-refractivity contribution in [2.24, 2.45) is 5.73 Å². The van der Waals surface area contributed by atoms with Crippen molar-refractivity contribution in [3.8, 4) is 11.3 Å². The summed E-state index contributed by atoms with van der Waals surface area (Å²) in [6.07, 6.45) is 3.36. The van der Waals surface area contributed by atoms with Gasteiger partial charge in [-0.3, -0.25) is 19.4 Å². The first-order valence-electron chi connectivity index (χ1n) is 7.59. The van der Waals surface area contributed by atoms with Crippen molar-refractivity contribution in [1.29, 1.82) is 0 Å². The van der Waals surface area contributed by atoms with Gasteiger partial charge in [0.05, 0.1) is 11.9 Å². The zero-order chi connectivity index (χ0) is 18.5. The summed E-state index contributed by atoms with van der Waals surface area (Å²) in [7, 11) is 0. The number of nitrogens with one attached hydrogen (secondary N) is 1. The summed E-state index contributed by atoms with van der Waals surface area (Å²) in [5.74, 6) is -2.42. The molecule has 1 atom stereocenters. The van der Waals surface area contributed by atoms with E-state index in [2.05, 4.69) is 14.7 Å². The molecule has 0 saturated heterocycles. The Hall–Kier alpha value is -2.91. The lowest BCUT2D eigenvalue weighted by Gasteiger charge is -2.15. The highest BCUT2D eigenvalue weighted by atomic mass is 32.1.